The monoisotopic (exact) mass is 316 g/mol. The molecule has 0 aliphatic heterocycles. The van der Waals surface area contributed by atoms with Gasteiger partial charge in [0.1, 0.15) is 11.5 Å². The summed E-state index contributed by atoms with van der Waals surface area (Å²) in [4.78, 5) is 21.2. The predicted octanol–water partition coefficient (Wildman–Crippen LogP) is 3.44. The van der Waals surface area contributed by atoms with Crippen LogP contribution in [0.1, 0.15) is 25.7 Å². The van der Waals surface area contributed by atoms with E-state index in [2.05, 4.69) is 5.32 Å². The van der Waals surface area contributed by atoms with E-state index < -0.39 is 16.7 Å². The number of carboxylic acids is 1. The maximum Gasteiger partial charge on any atom is 0.306 e. The van der Waals surface area contributed by atoms with E-state index in [9.17, 15) is 19.3 Å². The number of carboxylic acid groups (broad SMARTS) is 1. The van der Waals surface area contributed by atoms with E-state index in [-0.39, 0.29) is 28.4 Å². The van der Waals surface area contributed by atoms with Crippen LogP contribution in [0.5, 0.6) is 0 Å². The molecule has 0 amide bonds. The minimum atomic E-state index is -0.822. The molecule has 0 atom stereocenters. The number of aliphatic carboxylic acids is 1. The predicted molar refractivity (Wildman–Crippen MR) is 75.1 cm³/mol. The molecule has 0 heterocycles. The summed E-state index contributed by atoms with van der Waals surface area (Å²) >= 11 is 5.55. The molecular weight excluding hydrogens is 303 g/mol. The van der Waals surface area contributed by atoms with Crippen LogP contribution in [0.2, 0.25) is 5.02 Å². The van der Waals surface area contributed by atoms with Crippen molar-refractivity contribution in [3.63, 3.8) is 0 Å². The van der Waals surface area contributed by atoms with E-state index >= 15 is 0 Å². The van der Waals surface area contributed by atoms with Gasteiger partial charge in [0.25, 0.3) is 5.69 Å². The highest BCUT2D eigenvalue weighted by Crippen LogP contribution is 2.33. The third-order valence-corrected chi connectivity index (χ3v) is 3.96. The third kappa shape index (κ3) is 3.60. The van der Waals surface area contributed by atoms with Crippen LogP contribution in [0.25, 0.3) is 0 Å². The Kier molecular flexibility index (Phi) is 4.62. The van der Waals surface area contributed by atoms with Crippen molar-refractivity contribution in [3.8, 4) is 0 Å². The number of benzene rings is 1. The van der Waals surface area contributed by atoms with Crippen LogP contribution in [0.4, 0.5) is 15.8 Å². The smallest absolute Gasteiger partial charge is 0.306 e. The minimum absolute atomic E-state index is 0.0701. The summed E-state index contributed by atoms with van der Waals surface area (Å²) in [5.74, 6) is -1.93. The lowest BCUT2D eigenvalue weighted by Crippen LogP contribution is -2.29. The lowest BCUT2D eigenvalue weighted by molar-refractivity contribution is -0.384. The molecule has 0 bridgehead atoms. The number of nitrogens with zero attached hydrogens (tertiary/aromatic N) is 1. The molecule has 1 aliphatic rings. The van der Waals surface area contributed by atoms with Crippen LogP contribution in [0.15, 0.2) is 12.1 Å². The van der Waals surface area contributed by atoms with Gasteiger partial charge >= 0.3 is 5.97 Å². The number of carbonyl (C=O) groups is 1. The van der Waals surface area contributed by atoms with E-state index in [4.69, 9.17) is 16.7 Å². The highest BCUT2D eigenvalue weighted by Gasteiger charge is 2.27. The SMILES string of the molecule is O=C(O)C1CCC(Nc2cc(F)c(Cl)cc2[N+](=O)[O-])CC1. The van der Waals surface area contributed by atoms with Gasteiger partial charge < -0.3 is 10.4 Å². The number of halogens is 2. The Bertz CT molecular complexity index is 574. The molecule has 0 spiro atoms. The van der Waals surface area contributed by atoms with E-state index in [1.807, 2.05) is 0 Å². The number of anilines is 1. The quantitative estimate of drug-likeness (QED) is 0.655. The Morgan fingerprint density at radius 2 is 2.00 bits per heavy atom. The summed E-state index contributed by atoms with van der Waals surface area (Å²) in [6.07, 6.45) is 2.13. The van der Waals surface area contributed by atoms with E-state index in [1.165, 1.54) is 0 Å². The molecular formula is C13H14ClFN2O4. The van der Waals surface area contributed by atoms with Gasteiger partial charge in [0.2, 0.25) is 0 Å². The first-order valence-corrected chi connectivity index (χ1v) is 6.89. The van der Waals surface area contributed by atoms with Gasteiger partial charge in [-0.05, 0) is 25.7 Å². The van der Waals surface area contributed by atoms with Crippen molar-refractivity contribution >= 4 is 28.9 Å². The Balaban J connectivity index is 2.11. The maximum atomic E-state index is 13.5. The zero-order valence-corrected chi connectivity index (χ0v) is 11.8. The Morgan fingerprint density at radius 1 is 1.38 bits per heavy atom. The molecule has 1 saturated carbocycles. The van der Waals surface area contributed by atoms with E-state index in [0.29, 0.717) is 25.7 Å². The fourth-order valence-electron chi connectivity index (χ4n) is 2.51. The molecule has 1 aliphatic carbocycles. The molecule has 2 N–H and O–H groups in total. The molecule has 0 unspecified atom stereocenters. The van der Waals surface area contributed by atoms with Gasteiger partial charge in [0.05, 0.1) is 15.9 Å². The average molecular weight is 317 g/mol. The zero-order chi connectivity index (χ0) is 15.6. The van der Waals surface area contributed by atoms with Crippen molar-refractivity contribution in [2.75, 3.05) is 5.32 Å². The Hall–Kier alpha value is -1.89. The average Bonchev–Trinajstić information content (AvgIpc) is 2.43. The molecule has 1 fully saturated rings. The molecule has 0 radical (unpaired) electrons. The zero-order valence-electron chi connectivity index (χ0n) is 11.0. The summed E-state index contributed by atoms with van der Waals surface area (Å²) in [7, 11) is 0. The number of nitro benzene ring substituents is 1. The van der Waals surface area contributed by atoms with Crippen LogP contribution in [0, 0.1) is 21.8 Å². The van der Waals surface area contributed by atoms with Crippen molar-refractivity contribution in [1.29, 1.82) is 0 Å². The van der Waals surface area contributed by atoms with Crippen LogP contribution in [-0.2, 0) is 4.79 Å². The number of rotatable bonds is 4. The number of nitro groups is 1. The molecule has 2 rings (SSSR count). The third-order valence-electron chi connectivity index (χ3n) is 3.67. The second-order valence-corrected chi connectivity index (χ2v) is 5.48. The fourth-order valence-corrected chi connectivity index (χ4v) is 2.67. The molecule has 8 heteroatoms. The lowest BCUT2D eigenvalue weighted by atomic mass is 9.86. The van der Waals surface area contributed by atoms with E-state index in [0.717, 1.165) is 12.1 Å². The molecule has 1 aromatic rings. The number of hydrogen-bond acceptors (Lipinski definition) is 4. The summed E-state index contributed by atoms with van der Waals surface area (Å²) in [5, 5.41) is 22.5. The molecule has 0 saturated heterocycles. The van der Waals surface area contributed by atoms with Gasteiger partial charge in [-0.2, -0.15) is 0 Å². The largest absolute Gasteiger partial charge is 0.481 e. The fraction of sp³-hybridized carbons (Fsp3) is 0.462. The van der Waals surface area contributed by atoms with Crippen molar-refractivity contribution in [2.24, 2.45) is 5.92 Å². The van der Waals surface area contributed by atoms with Gasteiger partial charge in [-0.25, -0.2) is 4.39 Å². The maximum absolute atomic E-state index is 13.5. The van der Waals surface area contributed by atoms with Crippen LogP contribution >= 0.6 is 11.6 Å². The van der Waals surface area contributed by atoms with Crippen molar-refractivity contribution in [1.82, 2.24) is 0 Å². The summed E-state index contributed by atoms with van der Waals surface area (Å²) in [6.45, 7) is 0. The van der Waals surface area contributed by atoms with Crippen molar-refractivity contribution < 1.29 is 19.2 Å². The number of nitrogens with one attached hydrogen (secondary N) is 1. The summed E-state index contributed by atoms with van der Waals surface area (Å²) in [6, 6.07) is 1.87. The highest BCUT2D eigenvalue weighted by molar-refractivity contribution is 6.31. The van der Waals surface area contributed by atoms with Crippen molar-refractivity contribution in [3.05, 3.63) is 33.1 Å². The van der Waals surface area contributed by atoms with E-state index in [1.54, 1.807) is 0 Å². The van der Waals surface area contributed by atoms with Crippen molar-refractivity contribution in [2.45, 2.75) is 31.7 Å². The lowest BCUT2D eigenvalue weighted by Gasteiger charge is -2.27. The van der Waals surface area contributed by atoms with Gasteiger partial charge in [-0.3, -0.25) is 14.9 Å². The Labute approximate surface area is 125 Å². The van der Waals surface area contributed by atoms with Gasteiger partial charge in [-0.1, -0.05) is 11.6 Å². The minimum Gasteiger partial charge on any atom is -0.481 e. The molecule has 21 heavy (non-hydrogen) atoms. The van der Waals surface area contributed by atoms with Crippen LogP contribution in [-0.4, -0.2) is 22.0 Å². The first-order chi connectivity index (χ1) is 9.88. The van der Waals surface area contributed by atoms with Gasteiger partial charge in [-0.15, -0.1) is 0 Å². The van der Waals surface area contributed by atoms with Crippen LogP contribution in [0.3, 0.4) is 0 Å². The summed E-state index contributed by atoms with van der Waals surface area (Å²) < 4.78 is 13.5. The first kappa shape index (κ1) is 15.5. The number of hydrogen-bond donors (Lipinski definition) is 2. The molecule has 0 aromatic heterocycles. The summed E-state index contributed by atoms with van der Waals surface area (Å²) in [5.41, 5.74) is -0.220. The topological polar surface area (TPSA) is 92.5 Å². The molecule has 6 nitrogen and oxygen atoms in total. The normalized spacial score (nSPS) is 21.8. The molecule has 1 aromatic carbocycles. The first-order valence-electron chi connectivity index (χ1n) is 6.51. The van der Waals surface area contributed by atoms with Crippen LogP contribution < -0.4 is 5.32 Å². The highest BCUT2D eigenvalue weighted by atomic mass is 35.5. The van der Waals surface area contributed by atoms with Gasteiger partial charge in [0, 0.05) is 18.2 Å². The standard InChI is InChI=1S/C13H14ClFN2O4/c14-9-5-12(17(20)21)11(6-10(9)15)16-8-3-1-7(2-4-8)13(18)19/h5-8,16H,1-4H2,(H,18,19). The van der Waals surface area contributed by atoms with Gasteiger partial charge in [0.15, 0.2) is 0 Å². The Morgan fingerprint density at radius 3 is 2.52 bits per heavy atom. The second kappa shape index (κ2) is 6.26. The molecule has 114 valence electrons. The second-order valence-electron chi connectivity index (χ2n) is 5.07.